The van der Waals surface area contributed by atoms with E-state index in [0.29, 0.717) is 48.6 Å². The Hall–Kier alpha value is -4.08. The zero-order valence-electron chi connectivity index (χ0n) is 22.6. The van der Waals surface area contributed by atoms with Crippen LogP contribution in [-0.4, -0.2) is 31.4 Å². The number of hydrogen-bond donors (Lipinski definition) is 0. The van der Waals surface area contributed by atoms with Crippen LogP contribution in [0, 0.1) is 6.92 Å². The number of nitrogens with zero attached hydrogens (tertiary/aromatic N) is 2. The van der Waals surface area contributed by atoms with E-state index in [1.54, 1.807) is 51.3 Å². The van der Waals surface area contributed by atoms with E-state index in [1.165, 1.54) is 23.0 Å². The van der Waals surface area contributed by atoms with Crippen LogP contribution in [0.15, 0.2) is 74.0 Å². The van der Waals surface area contributed by atoms with E-state index in [4.69, 9.17) is 30.2 Å². The molecule has 1 aliphatic rings. The molecule has 0 fully saturated rings. The van der Waals surface area contributed by atoms with E-state index in [1.807, 2.05) is 31.2 Å². The maximum absolute atomic E-state index is 13.9. The van der Waals surface area contributed by atoms with Gasteiger partial charge in [-0.2, -0.15) is 0 Å². The highest BCUT2D eigenvalue weighted by Gasteiger charge is 2.34. The summed E-state index contributed by atoms with van der Waals surface area (Å²) in [6.45, 7) is 5.63. The van der Waals surface area contributed by atoms with Crippen LogP contribution in [0.1, 0.15) is 36.8 Å². The van der Waals surface area contributed by atoms with Gasteiger partial charge in [-0.3, -0.25) is 9.36 Å². The number of hydrogen-bond acceptors (Lipinski definition) is 8. The fourth-order valence-corrected chi connectivity index (χ4v) is 5.89. The van der Waals surface area contributed by atoms with E-state index in [-0.39, 0.29) is 17.7 Å². The van der Waals surface area contributed by atoms with Gasteiger partial charge in [-0.15, -0.1) is 0 Å². The standard InChI is InChI=1S/C30H27ClN2O6S/c1-6-38-29(35)26-17(3)32-30-33(27(26)18-8-11-23(36-4)24(13-18)37-5)28(34)25(40-30)15-20-10-12-22(39-20)21-14-19(31)9-7-16(21)2/h7-15,27H,6H2,1-5H3. The van der Waals surface area contributed by atoms with Crippen LogP contribution < -0.4 is 24.4 Å². The number of aromatic nitrogens is 1. The van der Waals surface area contributed by atoms with Gasteiger partial charge < -0.3 is 18.6 Å². The Labute approximate surface area is 239 Å². The lowest BCUT2D eigenvalue weighted by Crippen LogP contribution is -2.39. The first-order valence-electron chi connectivity index (χ1n) is 12.5. The van der Waals surface area contributed by atoms with Gasteiger partial charge in [0.1, 0.15) is 11.5 Å². The molecule has 0 aliphatic carbocycles. The maximum atomic E-state index is 13.9. The van der Waals surface area contributed by atoms with E-state index in [2.05, 4.69) is 4.99 Å². The minimum atomic E-state index is -0.779. The van der Waals surface area contributed by atoms with Crippen molar-refractivity contribution >= 4 is 35.0 Å². The van der Waals surface area contributed by atoms with Gasteiger partial charge in [-0.05, 0) is 68.3 Å². The number of methoxy groups -OCH3 is 2. The number of rotatable bonds is 7. The molecule has 8 nitrogen and oxygen atoms in total. The molecule has 1 aliphatic heterocycles. The lowest BCUT2D eigenvalue weighted by Gasteiger charge is -2.25. The highest BCUT2D eigenvalue weighted by molar-refractivity contribution is 7.07. The number of halogens is 1. The van der Waals surface area contributed by atoms with Gasteiger partial charge in [-0.25, -0.2) is 9.79 Å². The number of fused-ring (bicyclic) bond motifs is 1. The summed E-state index contributed by atoms with van der Waals surface area (Å²) in [5.74, 6) is 1.61. The van der Waals surface area contributed by atoms with Crippen LogP contribution >= 0.6 is 22.9 Å². The van der Waals surface area contributed by atoms with Crippen molar-refractivity contribution in [3.8, 4) is 22.8 Å². The number of aryl methyl sites for hydroxylation is 1. The monoisotopic (exact) mass is 578 g/mol. The summed E-state index contributed by atoms with van der Waals surface area (Å²) in [6, 6.07) is 13.8. The van der Waals surface area contributed by atoms with Crippen molar-refractivity contribution in [2.24, 2.45) is 4.99 Å². The topological polar surface area (TPSA) is 92.3 Å². The number of furan rings is 1. The smallest absolute Gasteiger partial charge is 0.338 e. The van der Waals surface area contributed by atoms with Crippen molar-refractivity contribution in [1.82, 2.24) is 4.57 Å². The molecule has 0 radical (unpaired) electrons. The molecule has 0 bridgehead atoms. The van der Waals surface area contributed by atoms with E-state index in [9.17, 15) is 9.59 Å². The molecule has 3 heterocycles. The Morgan fingerprint density at radius 2 is 1.88 bits per heavy atom. The Bertz CT molecular complexity index is 1830. The summed E-state index contributed by atoms with van der Waals surface area (Å²) < 4.78 is 24.3. The molecule has 2 aromatic heterocycles. The fourth-order valence-electron chi connectivity index (χ4n) is 4.69. The van der Waals surface area contributed by atoms with Gasteiger partial charge in [0.25, 0.3) is 5.56 Å². The summed E-state index contributed by atoms with van der Waals surface area (Å²) in [7, 11) is 3.07. The molecule has 0 saturated heterocycles. The zero-order valence-corrected chi connectivity index (χ0v) is 24.2. The first-order chi connectivity index (χ1) is 19.2. The summed E-state index contributed by atoms with van der Waals surface area (Å²) in [6.07, 6.45) is 1.68. The minimum absolute atomic E-state index is 0.186. The largest absolute Gasteiger partial charge is 0.493 e. The number of esters is 1. The van der Waals surface area contributed by atoms with Crippen LogP contribution in [0.5, 0.6) is 11.5 Å². The summed E-state index contributed by atoms with van der Waals surface area (Å²) in [5.41, 5.74) is 2.99. The summed E-state index contributed by atoms with van der Waals surface area (Å²) in [4.78, 5) is 32.1. The SMILES string of the molecule is CCOC(=O)C1=C(C)N=c2sc(=Cc3ccc(-c4cc(Cl)ccc4C)o3)c(=O)n2C1c1ccc(OC)c(OC)c1. The lowest BCUT2D eigenvalue weighted by atomic mass is 9.95. The average Bonchev–Trinajstić information content (AvgIpc) is 3.53. The van der Waals surface area contributed by atoms with Crippen LogP contribution in [0.3, 0.4) is 0 Å². The molecule has 0 N–H and O–H groups in total. The van der Waals surface area contributed by atoms with Crippen LogP contribution in [0.2, 0.25) is 5.02 Å². The Kier molecular flexibility index (Phi) is 7.69. The number of carbonyl (C=O) groups excluding carboxylic acids is 1. The second-order valence-corrected chi connectivity index (χ2v) is 10.5. The van der Waals surface area contributed by atoms with E-state index in [0.717, 1.165) is 11.1 Å². The molecule has 40 heavy (non-hydrogen) atoms. The van der Waals surface area contributed by atoms with Gasteiger partial charge in [0.15, 0.2) is 16.3 Å². The van der Waals surface area contributed by atoms with Gasteiger partial charge in [0.05, 0.1) is 42.7 Å². The Morgan fingerprint density at radius 1 is 1.10 bits per heavy atom. The maximum Gasteiger partial charge on any atom is 0.338 e. The molecule has 1 atom stereocenters. The number of ether oxygens (including phenoxy) is 3. The molecule has 2 aromatic carbocycles. The number of carbonyl (C=O) groups is 1. The number of allylic oxidation sites excluding steroid dienone is 1. The number of benzene rings is 2. The van der Waals surface area contributed by atoms with Crippen molar-refractivity contribution in [1.29, 1.82) is 0 Å². The number of thiazole rings is 1. The third kappa shape index (κ3) is 4.98. The average molecular weight is 579 g/mol. The van der Waals surface area contributed by atoms with Gasteiger partial charge in [0, 0.05) is 16.7 Å². The van der Waals surface area contributed by atoms with Crippen LogP contribution in [0.4, 0.5) is 0 Å². The molecular formula is C30H27ClN2O6S. The van der Waals surface area contributed by atoms with Crippen molar-refractivity contribution < 1.29 is 23.4 Å². The molecule has 0 amide bonds. The first-order valence-corrected chi connectivity index (χ1v) is 13.7. The minimum Gasteiger partial charge on any atom is -0.493 e. The second kappa shape index (κ2) is 11.2. The van der Waals surface area contributed by atoms with E-state index >= 15 is 0 Å². The highest BCUT2D eigenvalue weighted by Crippen LogP contribution is 2.36. The van der Waals surface area contributed by atoms with Gasteiger partial charge in [0.2, 0.25) is 0 Å². The Morgan fingerprint density at radius 3 is 2.60 bits per heavy atom. The molecular weight excluding hydrogens is 552 g/mol. The molecule has 0 saturated carbocycles. The molecule has 1 unspecified atom stereocenters. The quantitative estimate of drug-likeness (QED) is 0.285. The molecule has 10 heteroatoms. The summed E-state index contributed by atoms with van der Waals surface area (Å²) >= 11 is 7.41. The third-order valence-electron chi connectivity index (χ3n) is 6.61. The van der Waals surface area contributed by atoms with Crippen molar-refractivity contribution in [3.63, 3.8) is 0 Å². The van der Waals surface area contributed by atoms with Gasteiger partial charge in [-0.1, -0.05) is 35.1 Å². The van der Waals surface area contributed by atoms with E-state index < -0.39 is 12.0 Å². The second-order valence-electron chi connectivity index (χ2n) is 9.08. The predicted octanol–water partition coefficient (Wildman–Crippen LogP) is 5.04. The van der Waals surface area contributed by atoms with Crippen LogP contribution in [-0.2, 0) is 9.53 Å². The predicted molar refractivity (Wildman–Crippen MR) is 154 cm³/mol. The highest BCUT2D eigenvalue weighted by atomic mass is 35.5. The molecule has 4 aromatic rings. The fraction of sp³-hybridized carbons (Fsp3) is 0.233. The van der Waals surface area contributed by atoms with Gasteiger partial charge >= 0.3 is 5.97 Å². The molecule has 5 rings (SSSR count). The normalized spacial score (nSPS) is 15.1. The Balaban J connectivity index is 1.66. The lowest BCUT2D eigenvalue weighted by molar-refractivity contribution is -0.139. The molecule has 0 spiro atoms. The van der Waals surface area contributed by atoms with Crippen molar-refractivity contribution in [2.45, 2.75) is 26.8 Å². The van der Waals surface area contributed by atoms with Crippen molar-refractivity contribution in [3.05, 3.63) is 101 Å². The van der Waals surface area contributed by atoms with Crippen molar-refractivity contribution in [2.75, 3.05) is 20.8 Å². The molecule has 206 valence electrons. The van der Waals surface area contributed by atoms with Crippen LogP contribution in [0.25, 0.3) is 17.4 Å². The zero-order chi connectivity index (χ0) is 28.6. The summed E-state index contributed by atoms with van der Waals surface area (Å²) in [5, 5.41) is 0.606. The first kappa shape index (κ1) is 27.5. The third-order valence-corrected chi connectivity index (χ3v) is 7.82.